The third-order valence-corrected chi connectivity index (χ3v) is 9.28. The van der Waals surface area contributed by atoms with E-state index >= 15 is 0 Å². The van der Waals surface area contributed by atoms with E-state index in [9.17, 15) is 5.11 Å². The molecule has 1 N–H and O–H groups in total. The highest BCUT2D eigenvalue weighted by Crippen LogP contribution is 2.67. The van der Waals surface area contributed by atoms with Crippen molar-refractivity contribution >= 4 is 16.9 Å². The molecule has 0 saturated heterocycles. The van der Waals surface area contributed by atoms with Gasteiger partial charge in [-0.1, -0.05) is 38.5 Å². The number of fused-ring (bicyclic) bond motifs is 5. The summed E-state index contributed by atoms with van der Waals surface area (Å²) in [6.07, 6.45) is 11.9. The van der Waals surface area contributed by atoms with Crippen molar-refractivity contribution in [2.45, 2.75) is 65.4 Å². The van der Waals surface area contributed by atoms with E-state index in [0.717, 1.165) is 30.6 Å². The largest absolute Gasteiger partial charge is 0.393 e. The minimum atomic E-state index is -0.114. The SMILES string of the molecule is C[C@H]1C=C2C[C@@H](O)CC[C@]2(C)[C@H]2CC[C@]3(C)C(c4cscn4)=CC[C@H]3[C@H]12. The fraction of sp³-hybridized carbons (Fsp3) is 0.696. The van der Waals surface area contributed by atoms with Crippen LogP contribution in [0.15, 0.2) is 28.6 Å². The average Bonchev–Trinajstić information content (AvgIpc) is 3.23. The van der Waals surface area contributed by atoms with E-state index in [2.05, 4.69) is 43.3 Å². The van der Waals surface area contributed by atoms with Gasteiger partial charge in [-0.05, 0) is 78.6 Å². The lowest BCUT2D eigenvalue weighted by Crippen LogP contribution is -2.52. The molecule has 5 rings (SSSR count). The molecule has 1 aromatic heterocycles. The lowest BCUT2D eigenvalue weighted by Gasteiger charge is -2.59. The second-order valence-corrected chi connectivity index (χ2v) is 10.6. The van der Waals surface area contributed by atoms with Crippen molar-refractivity contribution in [1.29, 1.82) is 0 Å². The minimum absolute atomic E-state index is 0.114. The average molecular weight is 370 g/mol. The monoisotopic (exact) mass is 369 g/mol. The zero-order valence-electron chi connectivity index (χ0n) is 16.2. The zero-order chi connectivity index (χ0) is 18.1. The summed E-state index contributed by atoms with van der Waals surface area (Å²) >= 11 is 1.72. The summed E-state index contributed by atoms with van der Waals surface area (Å²) in [4.78, 5) is 4.66. The van der Waals surface area contributed by atoms with Crippen molar-refractivity contribution in [3.05, 3.63) is 34.3 Å². The molecule has 7 atom stereocenters. The number of hydrogen-bond donors (Lipinski definition) is 1. The number of rotatable bonds is 1. The first-order valence-corrected chi connectivity index (χ1v) is 11.4. The number of nitrogens with zero attached hydrogens (tertiary/aromatic N) is 1. The topological polar surface area (TPSA) is 33.1 Å². The molecule has 0 spiro atoms. The minimum Gasteiger partial charge on any atom is -0.393 e. The normalized spacial score (nSPS) is 47.5. The smallest absolute Gasteiger partial charge is 0.0798 e. The number of aliphatic hydroxyl groups excluding tert-OH is 1. The Morgan fingerprint density at radius 3 is 2.73 bits per heavy atom. The lowest BCUT2D eigenvalue weighted by molar-refractivity contribution is -0.0426. The maximum Gasteiger partial charge on any atom is 0.0798 e. The fourth-order valence-electron chi connectivity index (χ4n) is 7.31. The quantitative estimate of drug-likeness (QED) is 0.644. The van der Waals surface area contributed by atoms with Crippen LogP contribution in [0.1, 0.15) is 65.0 Å². The molecular formula is C23H31NOS. The van der Waals surface area contributed by atoms with Crippen molar-refractivity contribution in [2.75, 3.05) is 0 Å². The molecule has 1 aromatic rings. The van der Waals surface area contributed by atoms with Gasteiger partial charge in [0.25, 0.3) is 0 Å². The van der Waals surface area contributed by atoms with Crippen molar-refractivity contribution in [2.24, 2.45) is 34.5 Å². The van der Waals surface area contributed by atoms with E-state index in [1.165, 1.54) is 37.0 Å². The summed E-state index contributed by atoms with van der Waals surface area (Å²) in [5.41, 5.74) is 6.91. The number of thiazole rings is 1. The first kappa shape index (κ1) is 17.2. The van der Waals surface area contributed by atoms with Crippen LogP contribution in [0.2, 0.25) is 0 Å². The molecule has 3 heteroatoms. The number of allylic oxidation sites excluding steroid dienone is 3. The van der Waals surface area contributed by atoms with E-state index in [0.29, 0.717) is 16.7 Å². The van der Waals surface area contributed by atoms with E-state index in [4.69, 9.17) is 0 Å². The Hall–Kier alpha value is -0.930. The maximum atomic E-state index is 10.2. The number of hydrogen-bond acceptors (Lipinski definition) is 3. The van der Waals surface area contributed by atoms with Gasteiger partial charge in [0.05, 0.1) is 17.3 Å². The van der Waals surface area contributed by atoms with Crippen LogP contribution in [0.5, 0.6) is 0 Å². The van der Waals surface area contributed by atoms with Gasteiger partial charge in [0.2, 0.25) is 0 Å². The van der Waals surface area contributed by atoms with Crippen molar-refractivity contribution < 1.29 is 5.11 Å². The van der Waals surface area contributed by atoms with Crippen molar-refractivity contribution in [3.8, 4) is 0 Å². The molecule has 140 valence electrons. The molecule has 2 nitrogen and oxygen atoms in total. The zero-order valence-corrected chi connectivity index (χ0v) is 17.1. The molecule has 0 unspecified atom stereocenters. The molecule has 4 aliphatic rings. The first-order valence-electron chi connectivity index (χ1n) is 10.4. The van der Waals surface area contributed by atoms with Crippen LogP contribution in [0.3, 0.4) is 0 Å². The molecule has 2 saturated carbocycles. The van der Waals surface area contributed by atoms with E-state index in [1.807, 2.05) is 5.51 Å². The van der Waals surface area contributed by atoms with E-state index in [1.54, 1.807) is 16.9 Å². The molecule has 26 heavy (non-hydrogen) atoms. The third kappa shape index (κ3) is 2.22. The Balaban J connectivity index is 1.52. The van der Waals surface area contributed by atoms with Gasteiger partial charge in [0.15, 0.2) is 0 Å². The Morgan fingerprint density at radius 1 is 1.15 bits per heavy atom. The number of aliphatic hydroxyl groups is 1. The predicted octanol–water partition coefficient (Wildman–Crippen LogP) is 5.71. The Kier molecular flexibility index (Phi) is 3.82. The van der Waals surface area contributed by atoms with Crippen LogP contribution in [0.25, 0.3) is 5.57 Å². The number of aromatic nitrogens is 1. The molecule has 4 aliphatic carbocycles. The summed E-state index contributed by atoms with van der Waals surface area (Å²) in [5.74, 6) is 2.92. The third-order valence-electron chi connectivity index (χ3n) is 8.70. The summed E-state index contributed by atoms with van der Waals surface area (Å²) in [6, 6.07) is 0. The highest BCUT2D eigenvalue weighted by atomic mass is 32.1. The Morgan fingerprint density at radius 2 is 1.96 bits per heavy atom. The molecular weight excluding hydrogens is 338 g/mol. The van der Waals surface area contributed by atoms with Crippen molar-refractivity contribution in [1.82, 2.24) is 4.98 Å². The van der Waals surface area contributed by atoms with E-state index < -0.39 is 0 Å². The predicted molar refractivity (Wildman–Crippen MR) is 108 cm³/mol. The van der Waals surface area contributed by atoms with Gasteiger partial charge < -0.3 is 5.11 Å². The van der Waals surface area contributed by atoms with Gasteiger partial charge in [-0.2, -0.15) is 0 Å². The highest BCUT2D eigenvalue weighted by molar-refractivity contribution is 7.07. The molecule has 1 heterocycles. The van der Waals surface area contributed by atoms with Gasteiger partial charge >= 0.3 is 0 Å². The standard InChI is InChI=1S/C23H31NOS/c1-14-10-15-11-16(25)6-8-22(15,2)19-7-9-23(3)17(20-12-26-13-24-20)4-5-18(23)21(14)19/h4,10,12-14,16,18-19,21,25H,5-9,11H2,1-3H3/t14-,16-,18-,19-,21-,22-,23+/m0/s1. The summed E-state index contributed by atoms with van der Waals surface area (Å²) in [7, 11) is 0. The summed E-state index contributed by atoms with van der Waals surface area (Å²) in [5, 5.41) is 12.5. The first-order chi connectivity index (χ1) is 12.4. The van der Waals surface area contributed by atoms with Crippen LogP contribution < -0.4 is 0 Å². The molecule has 0 bridgehead atoms. The Bertz CT molecular complexity index is 765. The van der Waals surface area contributed by atoms with Gasteiger partial charge in [-0.25, -0.2) is 4.98 Å². The van der Waals surface area contributed by atoms with Gasteiger partial charge in [0.1, 0.15) is 0 Å². The summed E-state index contributed by atoms with van der Waals surface area (Å²) in [6.45, 7) is 7.48. The van der Waals surface area contributed by atoms with Crippen LogP contribution >= 0.6 is 11.3 Å². The van der Waals surface area contributed by atoms with Gasteiger partial charge in [-0.3, -0.25) is 0 Å². The van der Waals surface area contributed by atoms with Crippen LogP contribution in [0.4, 0.5) is 0 Å². The second-order valence-electron chi connectivity index (χ2n) is 9.84. The highest BCUT2D eigenvalue weighted by Gasteiger charge is 2.58. The van der Waals surface area contributed by atoms with Gasteiger partial charge in [-0.15, -0.1) is 11.3 Å². The lowest BCUT2D eigenvalue weighted by atomic mass is 9.45. The fourth-order valence-corrected chi connectivity index (χ4v) is 7.87. The summed E-state index contributed by atoms with van der Waals surface area (Å²) < 4.78 is 0. The van der Waals surface area contributed by atoms with Crippen molar-refractivity contribution in [3.63, 3.8) is 0 Å². The van der Waals surface area contributed by atoms with Crippen LogP contribution in [-0.2, 0) is 0 Å². The second kappa shape index (κ2) is 5.78. The maximum absolute atomic E-state index is 10.2. The molecule has 0 aliphatic heterocycles. The van der Waals surface area contributed by atoms with Gasteiger partial charge in [0, 0.05) is 5.38 Å². The Labute approximate surface area is 161 Å². The van der Waals surface area contributed by atoms with E-state index in [-0.39, 0.29) is 6.10 Å². The van der Waals surface area contributed by atoms with Crippen LogP contribution in [-0.4, -0.2) is 16.2 Å². The molecule has 2 fully saturated rings. The van der Waals surface area contributed by atoms with Crippen LogP contribution in [0, 0.1) is 34.5 Å². The molecule has 0 radical (unpaired) electrons. The molecule has 0 aromatic carbocycles. The molecule has 0 amide bonds.